The van der Waals surface area contributed by atoms with Crippen molar-refractivity contribution in [3.63, 3.8) is 0 Å². The number of carbonyl (C=O) groups is 5. The third-order valence-electron chi connectivity index (χ3n) is 2.97. The van der Waals surface area contributed by atoms with E-state index in [0.29, 0.717) is 0 Å². The summed E-state index contributed by atoms with van der Waals surface area (Å²) in [6.07, 6.45) is 0. The lowest BCUT2D eigenvalue weighted by atomic mass is 9.90. The normalized spacial score (nSPS) is 13.2. The summed E-state index contributed by atoms with van der Waals surface area (Å²) in [5.74, 6) is -7.39. The Morgan fingerprint density at radius 3 is 1.64 bits per heavy atom. The van der Waals surface area contributed by atoms with Crippen molar-refractivity contribution in [2.45, 2.75) is 20.8 Å². The van der Waals surface area contributed by atoms with Crippen LogP contribution < -0.4 is 9.47 Å². The molecule has 1 aromatic carbocycles. The maximum absolute atomic E-state index is 12.4. The van der Waals surface area contributed by atoms with Gasteiger partial charge in [0, 0.05) is 20.8 Å². The predicted octanol–water partition coefficient (Wildman–Crippen LogP) is 1.09. The molecule has 0 saturated carbocycles. The number of carbonyl (C=O) groups excluding carboxylic acids is 5. The molecule has 0 heterocycles. The van der Waals surface area contributed by atoms with Crippen LogP contribution in [0.4, 0.5) is 0 Å². The van der Waals surface area contributed by atoms with Crippen LogP contribution in [0.5, 0.6) is 11.5 Å². The fraction of sp³-hybridized carbons (Fsp3) is 0.188. The zero-order chi connectivity index (χ0) is 18.9. The van der Waals surface area contributed by atoms with Crippen molar-refractivity contribution in [3.8, 4) is 11.5 Å². The van der Waals surface area contributed by atoms with Crippen molar-refractivity contribution in [1.82, 2.24) is 0 Å². The van der Waals surface area contributed by atoms with Crippen molar-refractivity contribution in [2.75, 3.05) is 0 Å². The maximum atomic E-state index is 12.4. The van der Waals surface area contributed by atoms with E-state index < -0.39 is 52.1 Å². The molecule has 0 aliphatic heterocycles. The summed E-state index contributed by atoms with van der Waals surface area (Å²) >= 11 is 0. The zero-order valence-corrected chi connectivity index (χ0v) is 13.4. The number of ether oxygens (including phenoxy) is 3. The molecule has 0 bridgehead atoms. The molecule has 0 aromatic heterocycles. The summed E-state index contributed by atoms with van der Waals surface area (Å²) in [5, 5.41) is 10.3. The first-order chi connectivity index (χ1) is 11.6. The molecule has 1 N–H and O–H groups in total. The van der Waals surface area contributed by atoms with Gasteiger partial charge in [-0.1, -0.05) is 0 Å². The van der Waals surface area contributed by atoms with Crippen LogP contribution in [0.15, 0.2) is 17.9 Å². The van der Waals surface area contributed by atoms with E-state index in [2.05, 4.69) is 4.74 Å². The number of fused-ring (bicyclic) bond motifs is 1. The fourth-order valence-corrected chi connectivity index (χ4v) is 2.18. The van der Waals surface area contributed by atoms with Crippen LogP contribution in [0.25, 0.3) is 5.76 Å². The molecule has 0 radical (unpaired) electrons. The van der Waals surface area contributed by atoms with E-state index in [1.807, 2.05) is 0 Å². The molecule has 0 unspecified atom stereocenters. The summed E-state index contributed by atoms with van der Waals surface area (Å²) in [4.78, 5) is 58.0. The standard InChI is InChI=1S/C16H12O9/c1-6(17)23-9-4-5-10(24-7(2)18)12-11(9)13(20)15(22)16(14(12)21)25-8(3)19/h4-5,21H,1-3H3. The number of ketones is 2. The minimum atomic E-state index is -1.31. The van der Waals surface area contributed by atoms with Gasteiger partial charge in [-0.05, 0) is 12.1 Å². The van der Waals surface area contributed by atoms with Crippen molar-refractivity contribution < 1.29 is 43.3 Å². The van der Waals surface area contributed by atoms with Crippen molar-refractivity contribution in [3.05, 3.63) is 29.0 Å². The molecule has 9 nitrogen and oxygen atoms in total. The lowest BCUT2D eigenvalue weighted by Crippen LogP contribution is -2.28. The van der Waals surface area contributed by atoms with E-state index in [0.717, 1.165) is 32.9 Å². The van der Waals surface area contributed by atoms with Gasteiger partial charge in [-0.25, -0.2) is 0 Å². The average Bonchev–Trinajstić information content (AvgIpc) is 2.49. The Labute approximate surface area is 140 Å². The van der Waals surface area contributed by atoms with E-state index in [4.69, 9.17) is 9.47 Å². The van der Waals surface area contributed by atoms with Gasteiger partial charge in [0.2, 0.25) is 11.5 Å². The predicted molar refractivity (Wildman–Crippen MR) is 79.7 cm³/mol. The zero-order valence-electron chi connectivity index (χ0n) is 13.4. The number of hydrogen-bond donors (Lipinski definition) is 1. The third kappa shape index (κ3) is 3.39. The van der Waals surface area contributed by atoms with Gasteiger partial charge in [-0.3, -0.25) is 24.0 Å². The van der Waals surface area contributed by atoms with Gasteiger partial charge in [0.1, 0.15) is 11.5 Å². The lowest BCUT2D eigenvalue weighted by Gasteiger charge is -2.21. The molecular formula is C16H12O9. The van der Waals surface area contributed by atoms with Crippen LogP contribution in [0, 0.1) is 0 Å². The second-order valence-electron chi connectivity index (χ2n) is 4.93. The van der Waals surface area contributed by atoms with Gasteiger partial charge < -0.3 is 19.3 Å². The molecule has 130 valence electrons. The molecule has 1 aliphatic carbocycles. The number of hydrogen-bond acceptors (Lipinski definition) is 9. The van der Waals surface area contributed by atoms with Gasteiger partial charge >= 0.3 is 17.9 Å². The number of aliphatic hydroxyl groups is 1. The smallest absolute Gasteiger partial charge is 0.308 e. The largest absolute Gasteiger partial charge is 0.504 e. The van der Waals surface area contributed by atoms with E-state index in [1.54, 1.807) is 0 Å². The second-order valence-corrected chi connectivity index (χ2v) is 4.93. The van der Waals surface area contributed by atoms with Crippen LogP contribution in [-0.4, -0.2) is 34.6 Å². The summed E-state index contributed by atoms with van der Waals surface area (Å²) in [6, 6.07) is 2.29. The van der Waals surface area contributed by atoms with Gasteiger partial charge in [0.25, 0.3) is 5.78 Å². The second kappa shape index (κ2) is 6.56. The molecule has 0 fully saturated rings. The number of esters is 3. The van der Waals surface area contributed by atoms with Gasteiger partial charge in [-0.2, -0.15) is 0 Å². The highest BCUT2D eigenvalue weighted by molar-refractivity contribution is 6.52. The van der Waals surface area contributed by atoms with Crippen molar-refractivity contribution in [1.29, 1.82) is 0 Å². The molecule has 0 saturated heterocycles. The van der Waals surface area contributed by atoms with E-state index in [-0.39, 0.29) is 11.5 Å². The number of Topliss-reactive ketones (excluding diaryl/α,β-unsaturated/α-hetero) is 2. The Morgan fingerprint density at radius 2 is 1.20 bits per heavy atom. The number of allylic oxidation sites excluding steroid dienone is 1. The van der Waals surface area contributed by atoms with E-state index in [1.165, 1.54) is 0 Å². The summed E-state index contributed by atoms with van der Waals surface area (Å²) in [6.45, 7) is 3.12. The molecule has 0 amide bonds. The van der Waals surface area contributed by atoms with Crippen LogP contribution >= 0.6 is 0 Å². The van der Waals surface area contributed by atoms with Gasteiger partial charge in [0.05, 0.1) is 11.1 Å². The Hall–Kier alpha value is -3.49. The molecule has 9 heteroatoms. The lowest BCUT2D eigenvalue weighted by molar-refractivity contribution is -0.139. The SMILES string of the molecule is CC(=O)OC1=C(O)c2c(OC(C)=O)ccc(OC(C)=O)c2C(=O)C1=O. The van der Waals surface area contributed by atoms with Crippen LogP contribution in [0.2, 0.25) is 0 Å². The van der Waals surface area contributed by atoms with E-state index in [9.17, 15) is 29.1 Å². The monoisotopic (exact) mass is 348 g/mol. The first kappa shape index (κ1) is 17.9. The highest BCUT2D eigenvalue weighted by Gasteiger charge is 2.40. The van der Waals surface area contributed by atoms with Crippen LogP contribution in [-0.2, 0) is 23.9 Å². The maximum Gasteiger partial charge on any atom is 0.308 e. The van der Waals surface area contributed by atoms with Crippen molar-refractivity contribution >= 4 is 35.2 Å². The van der Waals surface area contributed by atoms with Crippen LogP contribution in [0.3, 0.4) is 0 Å². The van der Waals surface area contributed by atoms with Gasteiger partial charge in [0.15, 0.2) is 5.76 Å². The summed E-state index contributed by atoms with van der Waals surface area (Å²) < 4.78 is 14.4. The molecule has 2 rings (SSSR count). The molecule has 0 spiro atoms. The average molecular weight is 348 g/mol. The minimum Gasteiger partial charge on any atom is -0.504 e. The number of benzene rings is 1. The van der Waals surface area contributed by atoms with Crippen LogP contribution in [0.1, 0.15) is 36.7 Å². The summed E-state index contributed by atoms with van der Waals surface area (Å²) in [5.41, 5.74) is -0.873. The Morgan fingerprint density at radius 1 is 0.760 bits per heavy atom. The van der Waals surface area contributed by atoms with E-state index >= 15 is 0 Å². The summed E-state index contributed by atoms with van der Waals surface area (Å²) in [7, 11) is 0. The Kier molecular flexibility index (Phi) is 4.68. The Balaban J connectivity index is 2.81. The molecular weight excluding hydrogens is 336 g/mol. The van der Waals surface area contributed by atoms with Crippen molar-refractivity contribution in [2.24, 2.45) is 0 Å². The number of rotatable bonds is 3. The third-order valence-corrected chi connectivity index (χ3v) is 2.97. The Bertz CT molecular complexity index is 861. The fourth-order valence-electron chi connectivity index (χ4n) is 2.18. The first-order valence-corrected chi connectivity index (χ1v) is 6.88. The number of aliphatic hydroxyl groups excluding tert-OH is 1. The molecule has 1 aliphatic rings. The quantitative estimate of drug-likeness (QED) is 0.484. The van der Waals surface area contributed by atoms with Gasteiger partial charge in [-0.15, -0.1) is 0 Å². The molecule has 1 aromatic rings. The topological polar surface area (TPSA) is 133 Å². The molecule has 0 atom stereocenters. The first-order valence-electron chi connectivity index (χ1n) is 6.88. The highest BCUT2D eigenvalue weighted by atomic mass is 16.6. The minimum absolute atomic E-state index is 0.276. The highest BCUT2D eigenvalue weighted by Crippen LogP contribution is 2.40. The molecule has 25 heavy (non-hydrogen) atoms.